The second-order valence-electron chi connectivity index (χ2n) is 8.44. The number of benzene rings is 1. The molecule has 0 radical (unpaired) electrons. The molecule has 32 heavy (non-hydrogen) atoms. The molecule has 1 aliphatic rings. The van der Waals surface area contributed by atoms with Crippen molar-refractivity contribution in [3.63, 3.8) is 0 Å². The lowest BCUT2D eigenvalue weighted by Crippen LogP contribution is -2.48. The van der Waals surface area contributed by atoms with Crippen molar-refractivity contribution in [2.75, 3.05) is 20.1 Å². The Morgan fingerprint density at radius 2 is 1.97 bits per heavy atom. The molecule has 0 spiro atoms. The molecule has 1 unspecified atom stereocenters. The molecule has 1 aliphatic heterocycles. The lowest BCUT2D eigenvalue weighted by atomic mass is 9.84. The van der Waals surface area contributed by atoms with Gasteiger partial charge in [0.2, 0.25) is 5.91 Å². The van der Waals surface area contributed by atoms with Crippen LogP contribution in [0.25, 0.3) is 0 Å². The zero-order valence-electron chi connectivity index (χ0n) is 18.6. The third-order valence-corrected chi connectivity index (χ3v) is 7.08. The second kappa shape index (κ2) is 10.1. The van der Waals surface area contributed by atoms with Crippen LogP contribution in [0, 0.1) is 12.8 Å². The van der Waals surface area contributed by atoms with E-state index in [2.05, 4.69) is 17.1 Å². The van der Waals surface area contributed by atoms with Crippen molar-refractivity contribution in [3.05, 3.63) is 76.1 Å². The van der Waals surface area contributed by atoms with Crippen LogP contribution in [0.4, 0.5) is 0 Å². The van der Waals surface area contributed by atoms with Crippen molar-refractivity contribution in [1.29, 1.82) is 0 Å². The number of hydrogen-bond donors (Lipinski definition) is 0. The van der Waals surface area contributed by atoms with Crippen molar-refractivity contribution < 1.29 is 14.0 Å². The first kappa shape index (κ1) is 22.3. The number of rotatable bonds is 7. The first-order valence-corrected chi connectivity index (χ1v) is 12.0. The summed E-state index contributed by atoms with van der Waals surface area (Å²) < 4.78 is 5.37. The summed E-state index contributed by atoms with van der Waals surface area (Å²) >= 11 is 1.51. The number of likely N-dealkylation sites (N-methyl/N-ethyl adjacent to an activating group) is 1. The van der Waals surface area contributed by atoms with Crippen LogP contribution >= 0.6 is 11.3 Å². The molecule has 1 saturated heterocycles. The predicted octanol–water partition coefficient (Wildman–Crippen LogP) is 4.21. The molecule has 0 aliphatic carbocycles. The van der Waals surface area contributed by atoms with E-state index in [0.29, 0.717) is 36.8 Å². The molecule has 2 amide bonds. The zero-order valence-corrected chi connectivity index (χ0v) is 19.4. The van der Waals surface area contributed by atoms with Crippen LogP contribution in [0.15, 0.2) is 58.0 Å². The molecule has 4 rings (SSSR count). The first-order valence-electron chi connectivity index (χ1n) is 11.0. The molecule has 0 N–H and O–H groups in total. The average Bonchev–Trinajstić information content (AvgIpc) is 3.49. The Morgan fingerprint density at radius 1 is 1.22 bits per heavy atom. The van der Waals surface area contributed by atoms with Gasteiger partial charge in [-0.25, -0.2) is 4.98 Å². The maximum Gasteiger partial charge on any atom is 0.257 e. The minimum atomic E-state index is -0.0146. The van der Waals surface area contributed by atoms with Gasteiger partial charge in [0.15, 0.2) is 0 Å². The van der Waals surface area contributed by atoms with Gasteiger partial charge in [-0.1, -0.05) is 30.3 Å². The molecule has 1 atom stereocenters. The van der Waals surface area contributed by atoms with E-state index in [1.807, 2.05) is 47.4 Å². The highest BCUT2D eigenvalue weighted by atomic mass is 32.1. The fourth-order valence-corrected chi connectivity index (χ4v) is 5.11. The topological polar surface area (TPSA) is 66.7 Å². The first-order chi connectivity index (χ1) is 15.5. The fraction of sp³-hybridized carbons (Fsp3) is 0.400. The van der Waals surface area contributed by atoms with E-state index in [1.165, 1.54) is 16.9 Å². The number of likely N-dealkylation sites (tertiary alicyclic amines) is 1. The van der Waals surface area contributed by atoms with Gasteiger partial charge in [0, 0.05) is 31.6 Å². The van der Waals surface area contributed by atoms with E-state index in [0.717, 1.165) is 25.0 Å². The molecule has 168 valence electrons. The SMILES string of the molecule is Cc1occc1C(=O)N(C)C(Cc1ccccc1)C1CCN(C(=O)Cc2cscn2)CC1. The molecule has 3 heterocycles. The molecule has 2 aromatic heterocycles. The van der Waals surface area contributed by atoms with E-state index >= 15 is 0 Å². The van der Waals surface area contributed by atoms with E-state index < -0.39 is 0 Å². The third-order valence-electron chi connectivity index (χ3n) is 6.45. The number of carbonyl (C=O) groups excluding carboxylic acids is 2. The van der Waals surface area contributed by atoms with Crippen LogP contribution in [0.2, 0.25) is 0 Å². The van der Waals surface area contributed by atoms with Gasteiger partial charge in [-0.2, -0.15) is 0 Å². The summed E-state index contributed by atoms with van der Waals surface area (Å²) in [4.78, 5) is 34.0. The summed E-state index contributed by atoms with van der Waals surface area (Å²) in [6.07, 6.45) is 4.47. The van der Waals surface area contributed by atoms with Crippen molar-refractivity contribution in [2.24, 2.45) is 5.92 Å². The van der Waals surface area contributed by atoms with Gasteiger partial charge in [0.25, 0.3) is 5.91 Å². The highest BCUT2D eigenvalue weighted by molar-refractivity contribution is 7.07. The Balaban J connectivity index is 1.46. The molecule has 0 saturated carbocycles. The number of aryl methyl sites for hydroxylation is 1. The van der Waals surface area contributed by atoms with Crippen LogP contribution in [0.5, 0.6) is 0 Å². The van der Waals surface area contributed by atoms with Crippen molar-refractivity contribution in [3.8, 4) is 0 Å². The van der Waals surface area contributed by atoms with Crippen LogP contribution in [0.3, 0.4) is 0 Å². The largest absolute Gasteiger partial charge is 0.469 e. The van der Waals surface area contributed by atoms with Crippen molar-refractivity contribution in [1.82, 2.24) is 14.8 Å². The summed E-state index contributed by atoms with van der Waals surface area (Å²) in [5.41, 5.74) is 4.42. The Bertz CT molecular complexity index is 1020. The minimum absolute atomic E-state index is 0.0146. The van der Waals surface area contributed by atoms with Crippen molar-refractivity contribution >= 4 is 23.2 Å². The number of piperidine rings is 1. The van der Waals surface area contributed by atoms with Crippen LogP contribution < -0.4 is 0 Å². The maximum absolute atomic E-state index is 13.2. The number of carbonyl (C=O) groups is 2. The Hall–Kier alpha value is -2.93. The molecular formula is C25H29N3O3S. The third kappa shape index (κ3) is 5.10. The standard InChI is InChI=1S/C25H29N3O3S/c1-18-22(10-13-31-18)25(30)27(2)23(14-19-6-4-3-5-7-19)20-8-11-28(12-9-20)24(29)15-21-16-32-17-26-21/h3-7,10,13,16-17,20,23H,8-9,11-12,14-15H2,1-2H3. The Labute approximate surface area is 192 Å². The molecular weight excluding hydrogens is 422 g/mol. The van der Waals surface area contributed by atoms with E-state index in [9.17, 15) is 9.59 Å². The molecule has 7 heteroatoms. The Morgan fingerprint density at radius 3 is 2.59 bits per heavy atom. The number of aromatic nitrogens is 1. The molecule has 0 bridgehead atoms. The van der Waals surface area contributed by atoms with Gasteiger partial charge in [0.1, 0.15) is 5.76 Å². The lowest BCUT2D eigenvalue weighted by Gasteiger charge is -2.40. The van der Waals surface area contributed by atoms with Gasteiger partial charge >= 0.3 is 0 Å². The van der Waals surface area contributed by atoms with Crippen LogP contribution in [-0.2, 0) is 17.6 Å². The normalized spacial score (nSPS) is 15.5. The number of furan rings is 1. The molecule has 3 aromatic rings. The summed E-state index contributed by atoms with van der Waals surface area (Å²) in [6.45, 7) is 3.25. The van der Waals surface area contributed by atoms with Gasteiger partial charge < -0.3 is 14.2 Å². The van der Waals surface area contributed by atoms with Crippen LogP contribution in [-0.4, -0.2) is 52.8 Å². The van der Waals surface area contributed by atoms with E-state index in [-0.39, 0.29) is 17.9 Å². The zero-order chi connectivity index (χ0) is 22.5. The summed E-state index contributed by atoms with van der Waals surface area (Å²) in [6, 6.07) is 12.1. The van der Waals surface area contributed by atoms with E-state index in [4.69, 9.17) is 4.42 Å². The van der Waals surface area contributed by atoms with Gasteiger partial charge in [-0.3, -0.25) is 9.59 Å². The number of thiazole rings is 1. The lowest BCUT2D eigenvalue weighted by molar-refractivity contribution is -0.132. The van der Waals surface area contributed by atoms with Crippen molar-refractivity contribution in [2.45, 2.75) is 38.6 Å². The quantitative estimate of drug-likeness (QED) is 0.540. The van der Waals surface area contributed by atoms with Gasteiger partial charge in [-0.05, 0) is 43.7 Å². The monoisotopic (exact) mass is 451 g/mol. The highest BCUT2D eigenvalue weighted by Crippen LogP contribution is 2.28. The van der Waals surface area contributed by atoms with Crippen LogP contribution in [0.1, 0.15) is 40.2 Å². The van der Waals surface area contributed by atoms with Gasteiger partial charge in [0.05, 0.1) is 29.5 Å². The van der Waals surface area contributed by atoms with Gasteiger partial charge in [-0.15, -0.1) is 11.3 Å². The van der Waals surface area contributed by atoms with E-state index in [1.54, 1.807) is 17.8 Å². The smallest absolute Gasteiger partial charge is 0.257 e. The number of amides is 2. The Kier molecular flexibility index (Phi) is 7.05. The number of nitrogens with zero attached hydrogens (tertiary/aromatic N) is 3. The highest BCUT2D eigenvalue weighted by Gasteiger charge is 2.33. The average molecular weight is 452 g/mol. The minimum Gasteiger partial charge on any atom is -0.469 e. The number of hydrogen-bond acceptors (Lipinski definition) is 5. The molecule has 1 aromatic carbocycles. The second-order valence-corrected chi connectivity index (χ2v) is 9.16. The summed E-state index contributed by atoms with van der Waals surface area (Å²) in [5, 5.41) is 1.93. The fourth-order valence-electron chi connectivity index (χ4n) is 4.55. The molecule has 6 nitrogen and oxygen atoms in total. The predicted molar refractivity (Wildman–Crippen MR) is 125 cm³/mol. The summed E-state index contributed by atoms with van der Waals surface area (Å²) in [5.74, 6) is 1.08. The summed E-state index contributed by atoms with van der Waals surface area (Å²) in [7, 11) is 1.89. The maximum atomic E-state index is 13.2. The molecule has 1 fully saturated rings.